The zero-order chi connectivity index (χ0) is 12.6. The molecule has 2 heteroatoms. The van der Waals surface area contributed by atoms with Gasteiger partial charge in [-0.25, -0.2) is 0 Å². The summed E-state index contributed by atoms with van der Waals surface area (Å²) in [5.74, 6) is 0. The van der Waals surface area contributed by atoms with Crippen molar-refractivity contribution in [3.05, 3.63) is 35.9 Å². The number of fused-ring (bicyclic) bond motifs is 1. The predicted octanol–water partition coefficient (Wildman–Crippen LogP) is 2.79. The number of nitrogens with zero attached hydrogens (tertiary/aromatic N) is 1. The first-order valence-corrected chi connectivity index (χ1v) is 7.20. The number of hydrogen-bond acceptors (Lipinski definition) is 2. The van der Waals surface area contributed by atoms with E-state index in [4.69, 9.17) is 0 Å². The smallest absolute Gasteiger partial charge is 0.0270 e. The van der Waals surface area contributed by atoms with E-state index in [-0.39, 0.29) is 0 Å². The van der Waals surface area contributed by atoms with E-state index >= 15 is 0 Å². The first-order valence-electron chi connectivity index (χ1n) is 7.20. The second-order valence-corrected chi connectivity index (χ2v) is 6.50. The fraction of sp³-hybridized carbons (Fsp3) is 0.625. The van der Waals surface area contributed by atoms with Crippen LogP contribution in [-0.2, 0) is 6.54 Å². The van der Waals surface area contributed by atoms with Crippen LogP contribution < -0.4 is 5.32 Å². The third kappa shape index (κ3) is 2.45. The molecule has 2 fully saturated rings. The van der Waals surface area contributed by atoms with Gasteiger partial charge in [-0.2, -0.15) is 0 Å². The Kier molecular flexibility index (Phi) is 3.16. The Morgan fingerprint density at radius 1 is 1.28 bits per heavy atom. The van der Waals surface area contributed by atoms with Crippen LogP contribution in [0.5, 0.6) is 0 Å². The Morgan fingerprint density at radius 2 is 2.06 bits per heavy atom. The van der Waals surface area contributed by atoms with Crippen molar-refractivity contribution in [1.82, 2.24) is 10.2 Å². The van der Waals surface area contributed by atoms with Crippen molar-refractivity contribution in [2.75, 3.05) is 6.54 Å². The highest BCUT2D eigenvalue weighted by atomic mass is 15.2. The molecule has 2 nitrogen and oxygen atoms in total. The highest BCUT2D eigenvalue weighted by Gasteiger charge is 2.42. The van der Waals surface area contributed by atoms with E-state index in [1.54, 1.807) is 0 Å². The third-order valence-electron chi connectivity index (χ3n) is 4.42. The van der Waals surface area contributed by atoms with Gasteiger partial charge in [-0.15, -0.1) is 0 Å². The standard InChI is InChI=1S/C16H24N2/c1-16(2)11-15-14(17-16)9-6-10-18(15)12-13-7-4-3-5-8-13/h3-5,7-8,14-15,17H,6,9-12H2,1-2H3. The monoisotopic (exact) mass is 244 g/mol. The average Bonchev–Trinajstić information content (AvgIpc) is 2.66. The summed E-state index contributed by atoms with van der Waals surface area (Å²) in [6.07, 6.45) is 3.96. The van der Waals surface area contributed by atoms with Gasteiger partial charge in [-0.05, 0) is 45.2 Å². The molecule has 2 aliphatic heterocycles. The molecule has 2 unspecified atom stereocenters. The Labute approximate surface area is 110 Å². The molecule has 3 rings (SSSR count). The van der Waals surface area contributed by atoms with Crippen molar-refractivity contribution >= 4 is 0 Å². The minimum atomic E-state index is 0.314. The lowest BCUT2D eigenvalue weighted by atomic mass is 9.93. The van der Waals surface area contributed by atoms with Crippen molar-refractivity contribution in [1.29, 1.82) is 0 Å². The molecule has 0 spiro atoms. The number of likely N-dealkylation sites (tertiary alicyclic amines) is 1. The third-order valence-corrected chi connectivity index (χ3v) is 4.42. The van der Waals surface area contributed by atoms with Gasteiger partial charge >= 0.3 is 0 Å². The first kappa shape index (κ1) is 12.2. The normalized spacial score (nSPS) is 31.2. The molecule has 18 heavy (non-hydrogen) atoms. The molecule has 0 saturated carbocycles. The van der Waals surface area contributed by atoms with Crippen molar-refractivity contribution in [3.8, 4) is 0 Å². The summed E-state index contributed by atoms with van der Waals surface area (Å²) in [6, 6.07) is 12.3. The van der Waals surface area contributed by atoms with E-state index < -0.39 is 0 Å². The maximum Gasteiger partial charge on any atom is 0.0270 e. The van der Waals surface area contributed by atoms with Gasteiger partial charge in [0.05, 0.1) is 0 Å². The van der Waals surface area contributed by atoms with Crippen LogP contribution in [0.3, 0.4) is 0 Å². The lowest BCUT2D eigenvalue weighted by Crippen LogP contribution is -2.48. The van der Waals surface area contributed by atoms with Crippen LogP contribution in [0.1, 0.15) is 38.7 Å². The minimum absolute atomic E-state index is 0.314. The molecule has 2 heterocycles. The molecule has 98 valence electrons. The van der Waals surface area contributed by atoms with Gasteiger partial charge in [0.25, 0.3) is 0 Å². The summed E-state index contributed by atoms with van der Waals surface area (Å²) < 4.78 is 0. The van der Waals surface area contributed by atoms with Gasteiger partial charge in [-0.1, -0.05) is 30.3 Å². The van der Waals surface area contributed by atoms with Crippen LogP contribution in [0, 0.1) is 0 Å². The maximum absolute atomic E-state index is 3.81. The SMILES string of the molecule is CC1(C)CC2C(CCCN2Cc2ccccc2)N1. The number of rotatable bonds is 2. The average molecular weight is 244 g/mol. The molecule has 0 aliphatic carbocycles. The van der Waals surface area contributed by atoms with Crippen molar-refractivity contribution in [3.63, 3.8) is 0 Å². The lowest BCUT2D eigenvalue weighted by Gasteiger charge is -2.37. The van der Waals surface area contributed by atoms with Gasteiger partial charge in [0.2, 0.25) is 0 Å². The summed E-state index contributed by atoms with van der Waals surface area (Å²) in [5.41, 5.74) is 1.76. The number of benzene rings is 1. The molecule has 1 N–H and O–H groups in total. The van der Waals surface area contributed by atoms with E-state index in [1.165, 1.54) is 31.4 Å². The summed E-state index contributed by atoms with van der Waals surface area (Å²) >= 11 is 0. The molecule has 0 bridgehead atoms. The molecule has 2 atom stereocenters. The quantitative estimate of drug-likeness (QED) is 0.860. The summed E-state index contributed by atoms with van der Waals surface area (Å²) in [7, 11) is 0. The number of nitrogens with one attached hydrogen (secondary N) is 1. The molecule has 0 amide bonds. The minimum Gasteiger partial charge on any atom is -0.307 e. The molecule has 1 aromatic rings. The van der Waals surface area contributed by atoms with E-state index in [2.05, 4.69) is 54.4 Å². The first-order chi connectivity index (χ1) is 8.64. The number of piperidine rings is 1. The van der Waals surface area contributed by atoms with Crippen LogP contribution in [-0.4, -0.2) is 29.1 Å². The molecule has 1 aromatic carbocycles. The zero-order valence-electron chi connectivity index (χ0n) is 11.5. The fourth-order valence-electron chi connectivity index (χ4n) is 3.66. The molecule has 2 aliphatic rings. The van der Waals surface area contributed by atoms with E-state index in [0.29, 0.717) is 11.6 Å². The highest BCUT2D eigenvalue weighted by molar-refractivity contribution is 5.15. The van der Waals surface area contributed by atoms with E-state index in [0.717, 1.165) is 12.6 Å². The van der Waals surface area contributed by atoms with Gasteiger partial charge in [0.1, 0.15) is 0 Å². The number of hydrogen-bond donors (Lipinski definition) is 1. The van der Waals surface area contributed by atoms with Gasteiger partial charge in [0.15, 0.2) is 0 Å². The van der Waals surface area contributed by atoms with Crippen LogP contribution in [0.2, 0.25) is 0 Å². The van der Waals surface area contributed by atoms with Crippen LogP contribution in [0.25, 0.3) is 0 Å². The largest absolute Gasteiger partial charge is 0.307 e. The summed E-state index contributed by atoms with van der Waals surface area (Å²) in [5, 5.41) is 3.81. The van der Waals surface area contributed by atoms with Gasteiger partial charge < -0.3 is 5.32 Å². The Hall–Kier alpha value is -0.860. The molecule has 0 aromatic heterocycles. The zero-order valence-corrected chi connectivity index (χ0v) is 11.5. The molecular formula is C16H24N2. The van der Waals surface area contributed by atoms with E-state index in [9.17, 15) is 0 Å². The predicted molar refractivity (Wildman–Crippen MR) is 75.5 cm³/mol. The van der Waals surface area contributed by atoms with Crippen molar-refractivity contribution in [2.24, 2.45) is 0 Å². The topological polar surface area (TPSA) is 15.3 Å². The van der Waals surface area contributed by atoms with E-state index in [1.807, 2.05) is 0 Å². The molecular weight excluding hydrogens is 220 g/mol. The highest BCUT2D eigenvalue weighted by Crippen LogP contribution is 2.33. The van der Waals surface area contributed by atoms with Crippen molar-refractivity contribution < 1.29 is 0 Å². The second kappa shape index (κ2) is 4.67. The lowest BCUT2D eigenvalue weighted by molar-refractivity contribution is 0.130. The Bertz CT molecular complexity index is 399. The van der Waals surface area contributed by atoms with Crippen LogP contribution in [0.4, 0.5) is 0 Å². The van der Waals surface area contributed by atoms with Crippen LogP contribution >= 0.6 is 0 Å². The second-order valence-electron chi connectivity index (χ2n) is 6.50. The fourth-order valence-corrected chi connectivity index (χ4v) is 3.66. The summed E-state index contributed by atoms with van der Waals surface area (Å²) in [6.45, 7) is 7.05. The summed E-state index contributed by atoms with van der Waals surface area (Å²) in [4.78, 5) is 2.69. The van der Waals surface area contributed by atoms with Crippen LogP contribution in [0.15, 0.2) is 30.3 Å². The molecule has 0 radical (unpaired) electrons. The maximum atomic E-state index is 3.81. The Balaban J connectivity index is 1.72. The Morgan fingerprint density at radius 3 is 2.83 bits per heavy atom. The van der Waals surface area contributed by atoms with Crippen molar-refractivity contribution in [2.45, 2.75) is 57.3 Å². The van der Waals surface area contributed by atoms with Gasteiger partial charge in [-0.3, -0.25) is 4.90 Å². The van der Waals surface area contributed by atoms with Gasteiger partial charge in [0, 0.05) is 24.2 Å². The molecule has 2 saturated heterocycles.